The number of allylic oxidation sites excluding steroid dienone is 5. The van der Waals surface area contributed by atoms with Gasteiger partial charge in [-0.2, -0.15) is 0 Å². The molecule has 0 heterocycles. The molecule has 0 aromatic heterocycles. The molecule has 19 nitrogen and oxygen atoms in total. The first-order valence-corrected chi connectivity index (χ1v) is 38.5. The predicted molar refractivity (Wildman–Crippen MR) is 361 cm³/mol. The normalized spacial score (nSPS) is 14.5. The Balaban J connectivity index is 0. The van der Waals surface area contributed by atoms with Gasteiger partial charge in [-0.15, -0.1) is 6.58 Å². The molecule has 1 aliphatic rings. The molecule has 1 aliphatic carbocycles. The van der Waals surface area contributed by atoms with Gasteiger partial charge in [0.15, 0.2) is 23.8 Å². The molecule has 5 atom stereocenters. The minimum absolute atomic E-state index is 0. The summed E-state index contributed by atoms with van der Waals surface area (Å²) in [6.07, 6.45) is 39.9. The monoisotopic (exact) mass is 1400 g/mol. The van der Waals surface area contributed by atoms with Crippen LogP contribution in [0.2, 0.25) is 0 Å². The summed E-state index contributed by atoms with van der Waals surface area (Å²) in [7, 11) is -10.4. The van der Waals surface area contributed by atoms with Crippen molar-refractivity contribution >= 4 is 51.1 Å². The minimum Gasteiger partial charge on any atom is -0.756 e. The zero-order chi connectivity index (χ0) is 68.5. The van der Waals surface area contributed by atoms with Gasteiger partial charge in [-0.25, -0.2) is 0 Å². The summed E-state index contributed by atoms with van der Waals surface area (Å²) in [4.78, 5) is 99.3. The standard InChI is InChI=1S/C57H110O17P2.C15H12O2.2Na/c1-5-9-13-17-21-25-29-33-37-41-54(59)67-47-52(73-56(61)43-39-35-31-27-23-19-15-11-7-3)49-71-75(63,64)69-45-51(58)46-70-76(65,66)72-50-53(74-57(62)44-40-36-32-28-24-20-16-12-8-4)48-68-55(60)42-38-34-30-26-22-18-14-10-6-2;1-2-13(11-6-4-3-5-7-11)14-10-12(16)8-9-15(14)17;;/h51-53,58H,5-50H2,1-4H3,(H,63,64)(H,65,66);2-10,13H,1H2;;/q;;2*+1/p-2. The van der Waals surface area contributed by atoms with Gasteiger partial charge in [0.2, 0.25) is 0 Å². The van der Waals surface area contributed by atoms with E-state index in [4.69, 9.17) is 37.0 Å². The molecule has 0 fully saturated rings. The van der Waals surface area contributed by atoms with Crippen molar-refractivity contribution in [3.8, 4) is 0 Å². The Morgan fingerprint density at radius 2 is 0.737 bits per heavy atom. The molecule has 0 saturated heterocycles. The number of benzene rings is 1. The number of phosphoric ester groups is 2. The largest absolute Gasteiger partial charge is 1.00 e. The fourth-order valence-corrected chi connectivity index (χ4v) is 11.8. The number of carbonyl (C=O) groups excluding carboxylic acids is 6. The third-order valence-corrected chi connectivity index (χ3v) is 17.7. The number of carbonyl (C=O) groups is 6. The van der Waals surface area contributed by atoms with Crippen molar-refractivity contribution in [3.63, 3.8) is 0 Å². The Bertz CT molecular complexity index is 2200. The van der Waals surface area contributed by atoms with E-state index in [0.717, 1.165) is 108 Å². The van der Waals surface area contributed by atoms with Crippen LogP contribution in [0.1, 0.15) is 296 Å². The molecule has 95 heavy (non-hydrogen) atoms. The third kappa shape index (κ3) is 56.2. The van der Waals surface area contributed by atoms with Crippen molar-refractivity contribution in [1.29, 1.82) is 0 Å². The molecule has 23 heteroatoms. The number of aliphatic hydroxyl groups excluding tert-OH is 1. The average molecular weight is 1400 g/mol. The number of unbranched alkanes of at least 4 members (excludes halogenated alkanes) is 32. The number of phosphoric acid groups is 2. The van der Waals surface area contributed by atoms with Crippen molar-refractivity contribution in [2.24, 2.45) is 0 Å². The Hall–Kier alpha value is -2.16. The van der Waals surface area contributed by atoms with Gasteiger partial charge >= 0.3 is 83.0 Å². The van der Waals surface area contributed by atoms with Gasteiger partial charge in [-0.05, 0) is 49.5 Å². The molecular formula is C72H120Na2O19P2. The molecule has 0 amide bonds. The van der Waals surface area contributed by atoms with Crippen LogP contribution in [0.3, 0.4) is 0 Å². The second-order valence-corrected chi connectivity index (χ2v) is 27.3. The number of hydrogen-bond acceptors (Lipinski definition) is 19. The minimum atomic E-state index is -5.20. The molecule has 1 aromatic carbocycles. The first kappa shape index (κ1) is 94.9. The van der Waals surface area contributed by atoms with Crippen LogP contribution in [0, 0.1) is 0 Å². The Labute approximate surface area is 616 Å². The Morgan fingerprint density at radius 1 is 0.442 bits per heavy atom. The second kappa shape index (κ2) is 64.0. The van der Waals surface area contributed by atoms with Crippen molar-refractivity contribution in [3.05, 3.63) is 72.4 Å². The number of ketones is 2. The van der Waals surface area contributed by atoms with Gasteiger partial charge in [-0.1, -0.05) is 270 Å². The summed E-state index contributed by atoms with van der Waals surface area (Å²) in [5.74, 6) is -2.74. The molecule has 0 spiro atoms. The van der Waals surface area contributed by atoms with Gasteiger partial charge in [0, 0.05) is 37.2 Å². The van der Waals surface area contributed by atoms with Crippen molar-refractivity contribution < 1.29 is 149 Å². The van der Waals surface area contributed by atoms with E-state index in [0.29, 0.717) is 31.3 Å². The SMILES string of the molecule is C=CC(C1=CC(=O)C=CC1=O)c1ccccc1.CCCCCCCCCCCC(=O)OCC(COP(=O)([O-])OCC(O)COP(=O)([O-])OCC(COC(=O)CCCCCCCCCCC)OC(=O)CCCCCCCCCCC)OC(=O)CCCCCCCCCCC.[Na+].[Na+]. The number of esters is 4. The average Bonchev–Trinajstić information content (AvgIpc) is 0.877. The molecule has 0 saturated carbocycles. The van der Waals surface area contributed by atoms with Crippen LogP contribution in [-0.4, -0.2) is 98.5 Å². The zero-order valence-corrected chi connectivity index (χ0v) is 65.2. The van der Waals surface area contributed by atoms with Gasteiger partial charge in [0.25, 0.3) is 15.6 Å². The fraction of sp³-hybridized carbons (Fsp3) is 0.750. The maximum Gasteiger partial charge on any atom is 1.00 e. The van der Waals surface area contributed by atoms with Crippen LogP contribution in [0.4, 0.5) is 0 Å². The van der Waals surface area contributed by atoms with E-state index < -0.39 is 97.5 Å². The Kier molecular flexibility index (Phi) is 63.9. The quantitative estimate of drug-likeness (QED) is 0.0121. The van der Waals surface area contributed by atoms with E-state index in [9.17, 15) is 52.8 Å². The van der Waals surface area contributed by atoms with Crippen molar-refractivity contribution in [2.75, 3.05) is 39.6 Å². The molecule has 2 rings (SSSR count). The first-order chi connectivity index (χ1) is 44.9. The zero-order valence-electron chi connectivity index (χ0n) is 59.4. The summed E-state index contributed by atoms with van der Waals surface area (Å²) >= 11 is 0. The summed E-state index contributed by atoms with van der Waals surface area (Å²) in [5.41, 5.74) is 1.45. The third-order valence-electron chi connectivity index (χ3n) is 15.8. The van der Waals surface area contributed by atoms with Gasteiger partial charge < -0.3 is 51.9 Å². The topological polar surface area (TPSA) is 277 Å². The predicted octanol–water partition coefficient (Wildman–Crippen LogP) is 10.5. The van der Waals surface area contributed by atoms with Crippen LogP contribution in [0.15, 0.2) is 66.8 Å². The second-order valence-electron chi connectivity index (χ2n) is 24.5. The molecule has 1 N–H and O–H groups in total. The summed E-state index contributed by atoms with van der Waals surface area (Å²) in [6.45, 7) is 8.11. The fourth-order valence-electron chi connectivity index (χ4n) is 10.3. The molecule has 0 bridgehead atoms. The summed E-state index contributed by atoms with van der Waals surface area (Å²) in [5, 5.41) is 10.4. The van der Waals surface area contributed by atoms with E-state index in [1.165, 1.54) is 121 Å². The number of ether oxygens (including phenoxy) is 4. The molecular weight excluding hydrogens is 1280 g/mol. The maximum absolute atomic E-state index is 12.8. The van der Waals surface area contributed by atoms with E-state index in [1.807, 2.05) is 30.3 Å². The summed E-state index contributed by atoms with van der Waals surface area (Å²) in [6, 6.07) is 9.55. The van der Waals surface area contributed by atoms with Gasteiger partial charge in [-0.3, -0.25) is 37.9 Å². The molecule has 534 valence electrons. The van der Waals surface area contributed by atoms with Crippen LogP contribution < -0.4 is 68.9 Å². The van der Waals surface area contributed by atoms with Crippen molar-refractivity contribution in [1.82, 2.24) is 0 Å². The van der Waals surface area contributed by atoms with Crippen LogP contribution in [0.5, 0.6) is 0 Å². The molecule has 0 radical (unpaired) electrons. The van der Waals surface area contributed by atoms with Crippen LogP contribution in [-0.2, 0) is 74.9 Å². The van der Waals surface area contributed by atoms with E-state index in [2.05, 4.69) is 34.3 Å². The molecule has 5 unspecified atom stereocenters. The van der Waals surface area contributed by atoms with Crippen LogP contribution >= 0.6 is 15.6 Å². The van der Waals surface area contributed by atoms with Gasteiger partial charge in [0.1, 0.15) is 19.3 Å². The van der Waals surface area contributed by atoms with Crippen LogP contribution in [0.25, 0.3) is 0 Å². The molecule has 1 aromatic rings. The maximum atomic E-state index is 12.8. The van der Waals surface area contributed by atoms with Gasteiger partial charge in [0.05, 0.1) is 26.4 Å². The van der Waals surface area contributed by atoms with Crippen molar-refractivity contribution in [2.45, 2.75) is 309 Å². The van der Waals surface area contributed by atoms with E-state index >= 15 is 0 Å². The van der Waals surface area contributed by atoms with E-state index in [-0.39, 0.29) is 102 Å². The number of hydrogen-bond donors (Lipinski definition) is 1. The number of rotatable bonds is 61. The Morgan fingerprint density at radius 3 is 1.05 bits per heavy atom. The summed E-state index contributed by atoms with van der Waals surface area (Å²) < 4.78 is 66.7. The first-order valence-electron chi connectivity index (χ1n) is 35.6. The number of aliphatic hydroxyl groups is 1. The molecule has 0 aliphatic heterocycles. The smallest absolute Gasteiger partial charge is 0.756 e. The van der Waals surface area contributed by atoms with E-state index in [1.54, 1.807) is 6.08 Å².